The summed E-state index contributed by atoms with van der Waals surface area (Å²) in [4.78, 5) is 22.2. The van der Waals surface area contributed by atoms with Crippen LogP contribution in [0.1, 0.15) is 71.6 Å². The van der Waals surface area contributed by atoms with Gasteiger partial charge in [-0.2, -0.15) is 0 Å². The third-order valence-corrected chi connectivity index (χ3v) is 5.74. The second kappa shape index (κ2) is 16.8. The Morgan fingerprint density at radius 1 is 1.06 bits per heavy atom. The van der Waals surface area contributed by atoms with Crippen LogP contribution in [0.15, 0.2) is 12.2 Å². The molecule has 0 aliphatic carbocycles. The van der Waals surface area contributed by atoms with Gasteiger partial charge in [0.05, 0.1) is 39.9 Å². The number of amides is 1. The second-order valence-corrected chi connectivity index (χ2v) is 10.5. The van der Waals surface area contributed by atoms with E-state index in [1.807, 2.05) is 27.2 Å². The summed E-state index contributed by atoms with van der Waals surface area (Å²) in [5.41, 5.74) is 0. The summed E-state index contributed by atoms with van der Waals surface area (Å²) in [6, 6.07) is -0.830. The molecule has 3 N–H and O–H groups in total. The lowest BCUT2D eigenvalue weighted by atomic mass is 10.1. The van der Waals surface area contributed by atoms with Gasteiger partial charge in [0, 0.05) is 6.42 Å². The number of aliphatic hydroxyl groups excluding tert-OH is 1. The van der Waals surface area contributed by atoms with E-state index in [-0.39, 0.29) is 19.1 Å². The van der Waals surface area contributed by atoms with E-state index in [4.69, 9.17) is 9.05 Å². The molecule has 3 atom stereocenters. The molecule has 8 nitrogen and oxygen atoms in total. The molecule has 0 bridgehead atoms. The first-order valence-electron chi connectivity index (χ1n) is 11.6. The molecular weight excluding hydrogens is 419 g/mol. The number of rotatable bonds is 19. The molecule has 0 radical (unpaired) electrons. The smallest absolute Gasteiger partial charge is 0.387 e. The zero-order valence-electron chi connectivity index (χ0n) is 20.2. The van der Waals surface area contributed by atoms with Crippen molar-refractivity contribution < 1.29 is 32.9 Å². The van der Waals surface area contributed by atoms with Crippen LogP contribution >= 0.6 is 7.82 Å². The summed E-state index contributed by atoms with van der Waals surface area (Å²) in [6.45, 7) is 4.49. The van der Waals surface area contributed by atoms with E-state index in [1.165, 1.54) is 6.42 Å². The van der Waals surface area contributed by atoms with E-state index in [9.17, 15) is 19.4 Å². The summed E-state index contributed by atoms with van der Waals surface area (Å²) in [5.74, 6) is -0.212. The standard InChI is InChI=1S/C22H45N2O6P/c1-6-8-10-11-12-14-15-21(25)20(23-22(26)16-13-9-7-2)19-30-31(27,28)29-18-17-24(3,4)5/h14-15,20-21,25H,6-13,16-19H2,1-5H3,(H-,23,26,27,28)/p+1/b15-14+. The van der Waals surface area contributed by atoms with Crippen molar-refractivity contribution in [3.05, 3.63) is 12.2 Å². The predicted molar refractivity (Wildman–Crippen MR) is 125 cm³/mol. The van der Waals surface area contributed by atoms with E-state index in [0.717, 1.165) is 44.9 Å². The fourth-order valence-corrected chi connectivity index (χ4v) is 3.48. The predicted octanol–water partition coefficient (Wildman–Crippen LogP) is 3.78. The molecule has 9 heteroatoms. The van der Waals surface area contributed by atoms with Gasteiger partial charge in [-0.25, -0.2) is 4.57 Å². The van der Waals surface area contributed by atoms with Crippen LogP contribution in [-0.4, -0.2) is 73.4 Å². The lowest BCUT2D eigenvalue weighted by Gasteiger charge is -2.25. The van der Waals surface area contributed by atoms with Crippen molar-refractivity contribution in [2.24, 2.45) is 0 Å². The SMILES string of the molecule is CCCCCC/C=C/C(O)C(COP(=O)(O)OCC[N+](C)(C)C)NC(=O)CCCCC. The Labute approximate surface area is 189 Å². The first kappa shape index (κ1) is 30.2. The number of phosphoric acid groups is 1. The van der Waals surface area contributed by atoms with E-state index >= 15 is 0 Å². The summed E-state index contributed by atoms with van der Waals surface area (Å²) < 4.78 is 22.9. The minimum atomic E-state index is -4.28. The maximum absolute atomic E-state index is 12.2. The van der Waals surface area contributed by atoms with Crippen molar-refractivity contribution in [3.8, 4) is 0 Å². The van der Waals surface area contributed by atoms with Crippen LogP contribution in [-0.2, 0) is 18.4 Å². The molecule has 0 aliphatic heterocycles. The molecule has 0 spiro atoms. The topological polar surface area (TPSA) is 105 Å². The lowest BCUT2D eigenvalue weighted by molar-refractivity contribution is -0.870. The number of allylic oxidation sites excluding steroid dienone is 1. The molecule has 0 aromatic rings. The fourth-order valence-electron chi connectivity index (χ4n) is 2.74. The molecule has 31 heavy (non-hydrogen) atoms. The van der Waals surface area contributed by atoms with Crippen LogP contribution in [0.4, 0.5) is 0 Å². The highest BCUT2D eigenvalue weighted by Crippen LogP contribution is 2.43. The highest BCUT2D eigenvalue weighted by atomic mass is 31.2. The quantitative estimate of drug-likeness (QED) is 0.116. The van der Waals surface area contributed by atoms with Crippen molar-refractivity contribution in [2.45, 2.75) is 83.8 Å². The van der Waals surface area contributed by atoms with E-state index in [2.05, 4.69) is 19.2 Å². The van der Waals surface area contributed by atoms with Crippen LogP contribution in [0.25, 0.3) is 0 Å². The zero-order chi connectivity index (χ0) is 23.8. The molecule has 0 aromatic heterocycles. The summed E-state index contributed by atoms with van der Waals surface area (Å²) in [6.07, 6.45) is 10.9. The van der Waals surface area contributed by atoms with Gasteiger partial charge in [0.1, 0.15) is 13.2 Å². The molecule has 0 aliphatic rings. The Balaban J connectivity index is 4.79. The van der Waals surface area contributed by atoms with Gasteiger partial charge in [-0.3, -0.25) is 13.8 Å². The summed E-state index contributed by atoms with van der Waals surface area (Å²) >= 11 is 0. The normalized spacial score (nSPS) is 16.2. The zero-order valence-corrected chi connectivity index (χ0v) is 21.1. The number of hydrogen-bond acceptors (Lipinski definition) is 5. The van der Waals surface area contributed by atoms with Crippen molar-refractivity contribution in [1.82, 2.24) is 5.32 Å². The number of aliphatic hydroxyl groups is 1. The van der Waals surface area contributed by atoms with Gasteiger partial charge in [-0.05, 0) is 19.3 Å². The molecule has 0 fully saturated rings. The number of carbonyl (C=O) groups is 1. The number of hydrogen-bond donors (Lipinski definition) is 3. The van der Waals surface area contributed by atoms with Crippen LogP contribution in [0.5, 0.6) is 0 Å². The number of phosphoric ester groups is 1. The van der Waals surface area contributed by atoms with E-state index < -0.39 is 20.0 Å². The van der Waals surface area contributed by atoms with Gasteiger partial charge in [0.25, 0.3) is 0 Å². The lowest BCUT2D eigenvalue weighted by Crippen LogP contribution is -2.45. The minimum absolute atomic E-state index is 0.0610. The van der Waals surface area contributed by atoms with Crippen molar-refractivity contribution in [3.63, 3.8) is 0 Å². The maximum Gasteiger partial charge on any atom is 0.472 e. The van der Waals surface area contributed by atoms with E-state index in [0.29, 0.717) is 17.4 Å². The third kappa shape index (κ3) is 18.5. The second-order valence-electron chi connectivity index (χ2n) is 9.01. The highest BCUT2D eigenvalue weighted by molar-refractivity contribution is 7.47. The largest absolute Gasteiger partial charge is 0.472 e. The molecular formula is C22H46N2O6P+. The molecule has 0 saturated heterocycles. The molecule has 0 aromatic carbocycles. The molecule has 0 saturated carbocycles. The number of carbonyl (C=O) groups excluding carboxylic acids is 1. The van der Waals surface area contributed by atoms with Crippen LogP contribution in [0.2, 0.25) is 0 Å². The van der Waals surface area contributed by atoms with Crippen LogP contribution in [0.3, 0.4) is 0 Å². The van der Waals surface area contributed by atoms with Crippen LogP contribution < -0.4 is 5.32 Å². The summed E-state index contributed by atoms with van der Waals surface area (Å²) in [7, 11) is 1.56. The highest BCUT2D eigenvalue weighted by Gasteiger charge is 2.27. The third-order valence-electron chi connectivity index (χ3n) is 4.76. The Hall–Kier alpha value is -0.760. The van der Waals surface area contributed by atoms with Gasteiger partial charge in [-0.1, -0.05) is 58.1 Å². The Morgan fingerprint density at radius 3 is 2.32 bits per heavy atom. The maximum atomic E-state index is 12.2. The van der Waals surface area contributed by atoms with Crippen LogP contribution in [0, 0.1) is 0 Å². The monoisotopic (exact) mass is 465 g/mol. The molecule has 0 rings (SSSR count). The molecule has 184 valence electrons. The van der Waals surface area contributed by atoms with Crippen molar-refractivity contribution in [1.29, 1.82) is 0 Å². The Kier molecular flexibility index (Phi) is 16.4. The van der Waals surface area contributed by atoms with Gasteiger partial charge < -0.3 is 19.8 Å². The molecule has 0 heterocycles. The number of quaternary nitrogens is 1. The average Bonchev–Trinajstić information content (AvgIpc) is 2.66. The van der Waals surface area contributed by atoms with E-state index in [1.54, 1.807) is 6.08 Å². The van der Waals surface area contributed by atoms with Gasteiger partial charge in [0.2, 0.25) is 5.91 Å². The number of nitrogens with one attached hydrogen (secondary N) is 1. The average molecular weight is 466 g/mol. The van der Waals surface area contributed by atoms with Crippen molar-refractivity contribution in [2.75, 3.05) is 40.9 Å². The molecule has 1 amide bonds. The van der Waals surface area contributed by atoms with Gasteiger partial charge in [0.15, 0.2) is 0 Å². The molecule has 3 unspecified atom stereocenters. The van der Waals surface area contributed by atoms with Gasteiger partial charge in [-0.15, -0.1) is 0 Å². The number of unbranched alkanes of at least 4 members (excludes halogenated alkanes) is 6. The van der Waals surface area contributed by atoms with Gasteiger partial charge >= 0.3 is 7.82 Å². The number of likely N-dealkylation sites (N-methyl/N-ethyl adjacent to an activating group) is 1. The fraction of sp³-hybridized carbons (Fsp3) is 0.864. The number of nitrogens with zero attached hydrogens (tertiary/aromatic N) is 1. The Morgan fingerprint density at radius 2 is 1.71 bits per heavy atom. The summed E-state index contributed by atoms with van der Waals surface area (Å²) in [5, 5.41) is 13.2. The van der Waals surface area contributed by atoms with Crippen molar-refractivity contribution >= 4 is 13.7 Å². The minimum Gasteiger partial charge on any atom is -0.387 e. The Bertz CT molecular complexity index is 551. The first-order valence-corrected chi connectivity index (χ1v) is 13.1. The first-order chi connectivity index (χ1) is 14.5.